The van der Waals surface area contributed by atoms with Crippen molar-refractivity contribution in [1.29, 1.82) is 0 Å². The fraction of sp³-hybridized carbons (Fsp3) is 0.438. The van der Waals surface area contributed by atoms with Crippen LogP contribution in [0.4, 0.5) is 0 Å². The first-order chi connectivity index (χ1) is 10.0. The van der Waals surface area contributed by atoms with E-state index < -0.39 is 18.0 Å². The number of carbonyl (C=O) groups is 1. The molecule has 0 radical (unpaired) electrons. The van der Waals surface area contributed by atoms with Crippen LogP contribution in [0.25, 0.3) is 0 Å². The molecular weight excluding hydrogens is 272 g/mol. The molecule has 5 nitrogen and oxygen atoms in total. The third kappa shape index (κ3) is 3.55. The highest BCUT2D eigenvalue weighted by Gasteiger charge is 2.43. The molecule has 114 valence electrons. The van der Waals surface area contributed by atoms with Gasteiger partial charge in [0.05, 0.1) is 12.0 Å². The number of hydrogen-bond acceptors (Lipinski definition) is 4. The number of carboxylic acid groups (broad SMARTS) is 1. The molecule has 1 fully saturated rings. The summed E-state index contributed by atoms with van der Waals surface area (Å²) < 4.78 is 5.78. The highest BCUT2D eigenvalue weighted by molar-refractivity contribution is 5.72. The lowest BCUT2D eigenvalue weighted by atomic mass is 9.92. The van der Waals surface area contributed by atoms with E-state index in [2.05, 4.69) is 0 Å². The number of phenols is 1. The number of allylic oxidation sites excluding steroid dienone is 2. The van der Waals surface area contributed by atoms with Crippen LogP contribution in [0.15, 0.2) is 36.1 Å². The molecule has 0 heterocycles. The molecule has 21 heavy (non-hydrogen) atoms. The molecule has 1 aliphatic carbocycles. The molecule has 0 bridgehead atoms. The van der Waals surface area contributed by atoms with Gasteiger partial charge in [-0.1, -0.05) is 13.0 Å². The minimum Gasteiger partial charge on any atom is -0.508 e. The number of aromatic hydroxyl groups is 1. The Morgan fingerprint density at radius 3 is 2.81 bits per heavy atom. The topological polar surface area (TPSA) is 87.0 Å². The molecule has 0 aliphatic heterocycles. The summed E-state index contributed by atoms with van der Waals surface area (Å²) in [5.74, 6) is -1.11. The van der Waals surface area contributed by atoms with Crippen molar-refractivity contribution in [3.05, 3.63) is 36.1 Å². The van der Waals surface area contributed by atoms with Crippen molar-refractivity contribution in [2.45, 2.75) is 32.3 Å². The van der Waals surface area contributed by atoms with E-state index in [1.54, 1.807) is 12.1 Å². The Bertz CT molecular complexity index is 537. The maximum atomic E-state index is 11.4. The van der Waals surface area contributed by atoms with Gasteiger partial charge in [0.15, 0.2) is 0 Å². The van der Waals surface area contributed by atoms with E-state index in [1.165, 1.54) is 12.1 Å². The first-order valence-electron chi connectivity index (χ1n) is 7.10. The van der Waals surface area contributed by atoms with Crippen LogP contribution in [0, 0.1) is 11.8 Å². The predicted molar refractivity (Wildman–Crippen MR) is 77.0 cm³/mol. The van der Waals surface area contributed by atoms with Crippen LogP contribution < -0.4 is 4.74 Å². The van der Waals surface area contributed by atoms with Gasteiger partial charge >= 0.3 is 5.97 Å². The van der Waals surface area contributed by atoms with E-state index in [1.807, 2.05) is 13.0 Å². The van der Waals surface area contributed by atoms with Gasteiger partial charge in [-0.25, -0.2) is 0 Å². The zero-order valence-corrected chi connectivity index (χ0v) is 11.9. The van der Waals surface area contributed by atoms with E-state index in [-0.39, 0.29) is 11.7 Å². The van der Waals surface area contributed by atoms with E-state index >= 15 is 0 Å². The Hall–Kier alpha value is -2.01. The number of aliphatic hydroxyl groups excluding tert-OH is 1. The van der Waals surface area contributed by atoms with Gasteiger partial charge in [-0.2, -0.15) is 0 Å². The van der Waals surface area contributed by atoms with Crippen LogP contribution in [-0.4, -0.2) is 27.4 Å². The Morgan fingerprint density at radius 1 is 1.43 bits per heavy atom. The van der Waals surface area contributed by atoms with Crippen molar-refractivity contribution in [2.24, 2.45) is 11.8 Å². The van der Waals surface area contributed by atoms with Crippen molar-refractivity contribution >= 4 is 5.97 Å². The summed E-state index contributed by atoms with van der Waals surface area (Å²) >= 11 is 0. The van der Waals surface area contributed by atoms with Crippen molar-refractivity contribution in [3.63, 3.8) is 0 Å². The lowest BCUT2D eigenvalue weighted by Crippen LogP contribution is -2.29. The van der Waals surface area contributed by atoms with Crippen LogP contribution in [-0.2, 0) is 4.79 Å². The Kier molecular flexibility index (Phi) is 4.85. The molecule has 2 rings (SSSR count). The second-order valence-electron chi connectivity index (χ2n) is 5.23. The Morgan fingerprint density at radius 2 is 2.19 bits per heavy atom. The number of ether oxygens (including phenoxy) is 1. The SMILES string of the molecule is CC/C=C(\Oc1cccc(O)c1)C1CCC(O)C1C(=O)O. The number of carboxylic acids is 1. The Balaban J connectivity index is 2.23. The highest BCUT2D eigenvalue weighted by atomic mass is 16.5. The lowest BCUT2D eigenvalue weighted by molar-refractivity contribution is -0.146. The van der Waals surface area contributed by atoms with Gasteiger partial charge in [-0.3, -0.25) is 4.79 Å². The number of aliphatic hydroxyl groups is 1. The number of benzene rings is 1. The van der Waals surface area contributed by atoms with Crippen LogP contribution in [0.2, 0.25) is 0 Å². The third-order valence-corrected chi connectivity index (χ3v) is 3.73. The van der Waals surface area contributed by atoms with Gasteiger partial charge in [0, 0.05) is 12.0 Å². The molecule has 1 aromatic rings. The fourth-order valence-electron chi connectivity index (χ4n) is 2.79. The zero-order chi connectivity index (χ0) is 15.4. The summed E-state index contributed by atoms with van der Waals surface area (Å²) in [4.78, 5) is 11.4. The first kappa shape index (κ1) is 15.4. The lowest BCUT2D eigenvalue weighted by Gasteiger charge is -2.21. The monoisotopic (exact) mass is 292 g/mol. The molecule has 3 N–H and O–H groups in total. The molecule has 0 saturated heterocycles. The molecule has 5 heteroatoms. The van der Waals surface area contributed by atoms with Crippen molar-refractivity contribution < 1.29 is 24.9 Å². The van der Waals surface area contributed by atoms with Gasteiger partial charge in [0.25, 0.3) is 0 Å². The van der Waals surface area contributed by atoms with Crippen molar-refractivity contribution in [1.82, 2.24) is 0 Å². The summed E-state index contributed by atoms with van der Waals surface area (Å²) in [6.07, 6.45) is 2.71. The van der Waals surface area contributed by atoms with Crippen molar-refractivity contribution in [2.75, 3.05) is 0 Å². The molecule has 0 aromatic heterocycles. The largest absolute Gasteiger partial charge is 0.508 e. The zero-order valence-electron chi connectivity index (χ0n) is 11.9. The molecule has 0 spiro atoms. The van der Waals surface area contributed by atoms with E-state index in [0.29, 0.717) is 30.8 Å². The fourth-order valence-corrected chi connectivity index (χ4v) is 2.79. The predicted octanol–water partition coefficient (Wildman–Crippen LogP) is 2.54. The van der Waals surface area contributed by atoms with E-state index in [4.69, 9.17) is 4.74 Å². The van der Waals surface area contributed by atoms with Gasteiger partial charge in [-0.15, -0.1) is 0 Å². The molecule has 3 unspecified atom stereocenters. The summed E-state index contributed by atoms with van der Waals surface area (Å²) in [6, 6.07) is 6.37. The van der Waals surface area contributed by atoms with Crippen LogP contribution in [0.1, 0.15) is 26.2 Å². The quantitative estimate of drug-likeness (QED) is 0.726. The summed E-state index contributed by atoms with van der Waals surface area (Å²) in [5, 5.41) is 28.6. The Labute approximate surface area is 123 Å². The normalized spacial score (nSPS) is 25.8. The maximum absolute atomic E-state index is 11.4. The van der Waals surface area contributed by atoms with E-state index in [0.717, 1.165) is 0 Å². The molecule has 1 saturated carbocycles. The highest BCUT2D eigenvalue weighted by Crippen LogP contribution is 2.38. The molecular formula is C16H20O5. The first-order valence-corrected chi connectivity index (χ1v) is 7.10. The van der Waals surface area contributed by atoms with Gasteiger partial charge in [0.2, 0.25) is 0 Å². The second kappa shape index (κ2) is 6.63. The summed E-state index contributed by atoms with van der Waals surface area (Å²) in [7, 11) is 0. The minimum atomic E-state index is -1.01. The molecule has 0 amide bonds. The van der Waals surface area contributed by atoms with Gasteiger partial charge in [0.1, 0.15) is 17.3 Å². The summed E-state index contributed by atoms with van der Waals surface area (Å²) in [6.45, 7) is 1.94. The smallest absolute Gasteiger partial charge is 0.309 e. The minimum absolute atomic E-state index is 0.0876. The number of hydrogen-bond donors (Lipinski definition) is 3. The van der Waals surface area contributed by atoms with Crippen LogP contribution in [0.5, 0.6) is 11.5 Å². The average molecular weight is 292 g/mol. The van der Waals surface area contributed by atoms with Crippen LogP contribution >= 0.6 is 0 Å². The average Bonchev–Trinajstić information content (AvgIpc) is 2.80. The molecule has 1 aliphatic rings. The molecule has 1 aromatic carbocycles. The standard InChI is InChI=1S/C16H20O5/c1-2-4-14(21-11-6-3-5-10(17)9-11)12-7-8-13(18)15(12)16(19)20/h3-6,9,12-13,15,17-18H,2,7-8H2,1H3,(H,19,20)/b14-4-. The number of rotatable bonds is 5. The van der Waals surface area contributed by atoms with Gasteiger partial charge < -0.3 is 20.1 Å². The second-order valence-corrected chi connectivity index (χ2v) is 5.23. The number of phenolic OH excluding ortho intramolecular Hbond substituents is 1. The van der Waals surface area contributed by atoms with Gasteiger partial charge in [-0.05, 0) is 37.5 Å². The maximum Gasteiger partial charge on any atom is 0.309 e. The molecule has 3 atom stereocenters. The third-order valence-electron chi connectivity index (χ3n) is 3.73. The van der Waals surface area contributed by atoms with Crippen molar-refractivity contribution in [3.8, 4) is 11.5 Å². The number of aliphatic carboxylic acids is 1. The van der Waals surface area contributed by atoms with E-state index in [9.17, 15) is 20.1 Å². The summed E-state index contributed by atoms with van der Waals surface area (Å²) in [5.41, 5.74) is 0. The van der Waals surface area contributed by atoms with Crippen LogP contribution in [0.3, 0.4) is 0 Å².